The molecule has 0 bridgehead atoms. The molecule has 0 saturated heterocycles. The quantitative estimate of drug-likeness (QED) is 0.676. The maximum absolute atomic E-state index is 5.76. The molecule has 2 rings (SSSR count). The number of rotatable bonds is 0. The maximum Gasteiger partial charge on any atom is 0.111 e. The van der Waals surface area contributed by atoms with Crippen molar-refractivity contribution < 1.29 is 32.7 Å². The SMILES string of the molecule is Cc1nn2c(Cl)n[c-]nc2c1C.[Y]. The minimum atomic E-state index is 0. The molecule has 65 valence electrons. The molecule has 0 N–H and O–H groups in total. The zero-order chi connectivity index (χ0) is 8.72. The van der Waals surface area contributed by atoms with Gasteiger partial charge in [0, 0.05) is 44.7 Å². The van der Waals surface area contributed by atoms with Gasteiger partial charge in [0.1, 0.15) is 5.28 Å². The smallest absolute Gasteiger partial charge is 0.111 e. The molecule has 2 aromatic rings. The minimum Gasteiger partial charge on any atom is -0.348 e. The van der Waals surface area contributed by atoms with Gasteiger partial charge in [0.05, 0.1) is 5.69 Å². The van der Waals surface area contributed by atoms with Gasteiger partial charge in [-0.1, -0.05) is 0 Å². The van der Waals surface area contributed by atoms with Crippen LogP contribution < -0.4 is 0 Å². The molecular formula is C7H6ClN4Y-. The van der Waals surface area contributed by atoms with Crippen LogP contribution in [0, 0.1) is 20.2 Å². The number of aryl methyl sites for hydroxylation is 2. The molecule has 0 fully saturated rings. The molecule has 0 atom stereocenters. The summed E-state index contributed by atoms with van der Waals surface area (Å²) in [7, 11) is 0. The van der Waals surface area contributed by atoms with Crippen LogP contribution in [0.25, 0.3) is 5.65 Å². The fourth-order valence-electron chi connectivity index (χ4n) is 1.01. The molecule has 6 heteroatoms. The molecule has 2 heterocycles. The van der Waals surface area contributed by atoms with E-state index in [4.69, 9.17) is 11.6 Å². The Bertz CT molecular complexity index is 439. The first kappa shape index (κ1) is 11.0. The molecule has 13 heavy (non-hydrogen) atoms. The Kier molecular flexibility index (Phi) is 3.38. The third-order valence-electron chi connectivity index (χ3n) is 1.80. The first-order valence-corrected chi connectivity index (χ1v) is 3.83. The Labute approximate surface area is 106 Å². The van der Waals surface area contributed by atoms with Crippen molar-refractivity contribution in [2.24, 2.45) is 0 Å². The number of hydrogen-bond acceptors (Lipinski definition) is 3. The van der Waals surface area contributed by atoms with Crippen LogP contribution in [0.2, 0.25) is 5.28 Å². The van der Waals surface area contributed by atoms with Crippen LogP contribution in [0.5, 0.6) is 0 Å². The van der Waals surface area contributed by atoms with Gasteiger partial charge in [0.2, 0.25) is 0 Å². The van der Waals surface area contributed by atoms with E-state index in [0.29, 0.717) is 5.65 Å². The molecule has 0 aliphatic rings. The van der Waals surface area contributed by atoms with Gasteiger partial charge in [-0.25, -0.2) is 0 Å². The van der Waals surface area contributed by atoms with Crippen molar-refractivity contribution in [1.82, 2.24) is 19.6 Å². The average Bonchev–Trinajstić information content (AvgIpc) is 2.32. The fraction of sp³-hybridized carbons (Fsp3) is 0.286. The third-order valence-corrected chi connectivity index (χ3v) is 2.05. The molecule has 0 aliphatic heterocycles. The second-order valence-electron chi connectivity index (χ2n) is 2.54. The van der Waals surface area contributed by atoms with E-state index in [9.17, 15) is 0 Å². The van der Waals surface area contributed by atoms with Gasteiger partial charge >= 0.3 is 0 Å². The van der Waals surface area contributed by atoms with E-state index in [1.807, 2.05) is 13.8 Å². The number of halogens is 1. The molecule has 2 aromatic heterocycles. The summed E-state index contributed by atoms with van der Waals surface area (Å²) in [6.07, 6.45) is 2.47. The van der Waals surface area contributed by atoms with Crippen LogP contribution in [0.15, 0.2) is 0 Å². The second kappa shape index (κ2) is 3.99. The van der Waals surface area contributed by atoms with Crippen LogP contribution in [-0.4, -0.2) is 19.6 Å². The van der Waals surface area contributed by atoms with Crippen molar-refractivity contribution in [3.05, 3.63) is 22.9 Å². The predicted octanol–water partition coefficient (Wildman–Crippen LogP) is 1.19. The molecule has 4 nitrogen and oxygen atoms in total. The molecule has 0 spiro atoms. The molecule has 0 aliphatic carbocycles. The number of fused-ring (bicyclic) bond motifs is 1. The molecule has 1 radical (unpaired) electrons. The summed E-state index contributed by atoms with van der Waals surface area (Å²) in [4.78, 5) is 7.63. The monoisotopic (exact) mass is 270 g/mol. The Morgan fingerprint density at radius 1 is 1.31 bits per heavy atom. The van der Waals surface area contributed by atoms with E-state index in [1.165, 1.54) is 4.52 Å². The average molecular weight is 271 g/mol. The van der Waals surface area contributed by atoms with Gasteiger partial charge in [-0.05, 0) is 19.4 Å². The van der Waals surface area contributed by atoms with Gasteiger partial charge in [-0.15, -0.1) is 11.6 Å². The van der Waals surface area contributed by atoms with Gasteiger partial charge in [0.25, 0.3) is 0 Å². The standard InChI is InChI=1S/C7H6ClN4.Y/c1-4-5(2)11-12-6(4)9-3-10-7(12)8;/h1-2H3;/q-1;. The zero-order valence-corrected chi connectivity index (χ0v) is 10.8. The second-order valence-corrected chi connectivity index (χ2v) is 2.88. The topological polar surface area (TPSA) is 43.1 Å². The van der Waals surface area contributed by atoms with Crippen molar-refractivity contribution in [2.75, 3.05) is 0 Å². The van der Waals surface area contributed by atoms with Crippen LogP contribution in [0.3, 0.4) is 0 Å². The Morgan fingerprint density at radius 3 is 2.62 bits per heavy atom. The van der Waals surface area contributed by atoms with Crippen LogP contribution in [-0.2, 0) is 32.7 Å². The molecule has 0 unspecified atom stereocenters. The fourth-order valence-corrected chi connectivity index (χ4v) is 1.17. The molecule has 0 amide bonds. The van der Waals surface area contributed by atoms with Crippen molar-refractivity contribution in [3.8, 4) is 0 Å². The Morgan fingerprint density at radius 2 is 2.00 bits per heavy atom. The number of aromatic nitrogens is 4. The predicted molar refractivity (Wildman–Crippen MR) is 44.1 cm³/mol. The van der Waals surface area contributed by atoms with Gasteiger partial charge in [-0.3, -0.25) is 4.52 Å². The molecule has 0 saturated carbocycles. The Hall–Kier alpha value is -0.0561. The normalized spacial score (nSPS) is 10.1. The first-order chi connectivity index (χ1) is 5.70. The minimum absolute atomic E-state index is 0. The number of nitrogens with zero attached hydrogens (tertiary/aromatic N) is 4. The van der Waals surface area contributed by atoms with Gasteiger partial charge in [0.15, 0.2) is 0 Å². The molecule has 0 aromatic carbocycles. The summed E-state index contributed by atoms with van der Waals surface area (Å²) >= 11 is 5.76. The van der Waals surface area contributed by atoms with Crippen molar-refractivity contribution in [1.29, 1.82) is 0 Å². The summed E-state index contributed by atoms with van der Waals surface area (Å²) in [5.41, 5.74) is 2.63. The number of hydrogen-bond donors (Lipinski definition) is 0. The molecular weight excluding hydrogens is 264 g/mol. The van der Waals surface area contributed by atoms with E-state index in [2.05, 4.69) is 21.4 Å². The van der Waals surface area contributed by atoms with E-state index in [0.717, 1.165) is 11.3 Å². The summed E-state index contributed by atoms with van der Waals surface area (Å²) in [5.74, 6) is 0. The summed E-state index contributed by atoms with van der Waals surface area (Å²) < 4.78 is 1.50. The summed E-state index contributed by atoms with van der Waals surface area (Å²) in [6.45, 7) is 3.84. The van der Waals surface area contributed by atoms with Crippen LogP contribution in [0.4, 0.5) is 0 Å². The Balaban J connectivity index is 0.000000845. The van der Waals surface area contributed by atoms with Crippen LogP contribution in [0.1, 0.15) is 11.3 Å². The van der Waals surface area contributed by atoms with E-state index in [1.54, 1.807) is 0 Å². The maximum atomic E-state index is 5.76. The van der Waals surface area contributed by atoms with Crippen molar-refractivity contribution in [2.45, 2.75) is 13.8 Å². The van der Waals surface area contributed by atoms with E-state index in [-0.39, 0.29) is 38.0 Å². The van der Waals surface area contributed by atoms with Gasteiger partial charge < -0.3 is 9.97 Å². The van der Waals surface area contributed by atoms with Crippen LogP contribution >= 0.6 is 11.6 Å². The van der Waals surface area contributed by atoms with Crippen molar-refractivity contribution >= 4 is 17.2 Å². The van der Waals surface area contributed by atoms with E-state index < -0.39 is 0 Å². The summed E-state index contributed by atoms with van der Waals surface area (Å²) in [6, 6.07) is 0. The largest absolute Gasteiger partial charge is 0.348 e. The first-order valence-electron chi connectivity index (χ1n) is 3.45. The van der Waals surface area contributed by atoms with Gasteiger partial charge in [-0.2, -0.15) is 5.10 Å². The van der Waals surface area contributed by atoms with E-state index >= 15 is 0 Å². The summed E-state index contributed by atoms with van der Waals surface area (Å²) in [5, 5.41) is 4.44. The zero-order valence-electron chi connectivity index (χ0n) is 7.24. The third kappa shape index (κ3) is 1.75. The van der Waals surface area contributed by atoms with Crippen molar-refractivity contribution in [3.63, 3.8) is 0 Å².